The molecule has 0 aliphatic rings. The Morgan fingerprint density at radius 3 is 2.00 bits per heavy atom. The van der Waals surface area contributed by atoms with Crippen LogP contribution in [0.3, 0.4) is 0 Å². The molecule has 0 fully saturated rings. The fraction of sp³-hybridized carbons (Fsp3) is 0.500. The molecule has 0 bridgehead atoms. The summed E-state index contributed by atoms with van der Waals surface area (Å²) >= 11 is 0. The van der Waals surface area contributed by atoms with Gasteiger partial charge in [0.25, 0.3) is 0 Å². The standard InChI is InChI=1S/C14H20O5/c1-5-9(8-15)13(16)10-6-11(17-2)14(19-4)12(7-10)18-3/h6-7,9,15H,5,8H2,1-4H3. The number of benzene rings is 1. The van der Waals surface area contributed by atoms with Crippen molar-refractivity contribution >= 4 is 5.78 Å². The molecule has 106 valence electrons. The lowest BCUT2D eigenvalue weighted by molar-refractivity contribution is 0.0855. The molecule has 0 aromatic heterocycles. The number of aliphatic hydroxyl groups excluding tert-OH is 1. The molecular formula is C14H20O5. The molecule has 5 heteroatoms. The van der Waals surface area contributed by atoms with Crippen molar-refractivity contribution in [2.45, 2.75) is 13.3 Å². The predicted octanol–water partition coefficient (Wildman–Crippen LogP) is 1.91. The molecule has 0 radical (unpaired) electrons. The average Bonchev–Trinajstić information content (AvgIpc) is 2.46. The second-order valence-corrected chi connectivity index (χ2v) is 4.07. The van der Waals surface area contributed by atoms with E-state index in [0.717, 1.165) is 0 Å². The lowest BCUT2D eigenvalue weighted by Crippen LogP contribution is -2.18. The third-order valence-electron chi connectivity index (χ3n) is 3.03. The lowest BCUT2D eigenvalue weighted by Gasteiger charge is -2.15. The first-order chi connectivity index (χ1) is 9.12. The van der Waals surface area contributed by atoms with Crippen LogP contribution in [0.2, 0.25) is 0 Å². The highest BCUT2D eigenvalue weighted by molar-refractivity contribution is 5.99. The van der Waals surface area contributed by atoms with Crippen molar-refractivity contribution in [3.63, 3.8) is 0 Å². The summed E-state index contributed by atoms with van der Waals surface area (Å²) in [6.45, 7) is 1.68. The molecule has 0 aliphatic carbocycles. The van der Waals surface area contributed by atoms with Gasteiger partial charge < -0.3 is 19.3 Å². The van der Waals surface area contributed by atoms with E-state index in [4.69, 9.17) is 14.2 Å². The number of ether oxygens (including phenoxy) is 3. The molecule has 1 N–H and O–H groups in total. The molecule has 0 saturated heterocycles. The van der Waals surface area contributed by atoms with Gasteiger partial charge in [0.2, 0.25) is 5.75 Å². The molecular weight excluding hydrogens is 248 g/mol. The van der Waals surface area contributed by atoms with Crippen molar-refractivity contribution < 1.29 is 24.1 Å². The monoisotopic (exact) mass is 268 g/mol. The van der Waals surface area contributed by atoms with E-state index < -0.39 is 5.92 Å². The largest absolute Gasteiger partial charge is 0.493 e. The molecule has 0 spiro atoms. The summed E-state index contributed by atoms with van der Waals surface area (Å²) in [5.41, 5.74) is 0.440. The van der Waals surface area contributed by atoms with Crippen molar-refractivity contribution in [3.05, 3.63) is 17.7 Å². The quantitative estimate of drug-likeness (QED) is 0.765. The van der Waals surface area contributed by atoms with Gasteiger partial charge in [-0.05, 0) is 18.6 Å². The van der Waals surface area contributed by atoms with Crippen molar-refractivity contribution in [3.8, 4) is 17.2 Å². The lowest BCUT2D eigenvalue weighted by atomic mass is 9.95. The normalized spacial score (nSPS) is 11.8. The highest BCUT2D eigenvalue weighted by atomic mass is 16.5. The molecule has 5 nitrogen and oxygen atoms in total. The van der Waals surface area contributed by atoms with Crippen LogP contribution in [0.15, 0.2) is 12.1 Å². The Morgan fingerprint density at radius 1 is 1.16 bits per heavy atom. The third kappa shape index (κ3) is 3.17. The maximum absolute atomic E-state index is 12.2. The van der Waals surface area contributed by atoms with Crippen LogP contribution in [0, 0.1) is 5.92 Å². The molecule has 1 aromatic carbocycles. The first-order valence-corrected chi connectivity index (χ1v) is 6.07. The van der Waals surface area contributed by atoms with E-state index in [2.05, 4.69) is 0 Å². The van der Waals surface area contributed by atoms with Crippen LogP contribution in [-0.4, -0.2) is 38.8 Å². The first kappa shape index (κ1) is 15.3. The van der Waals surface area contributed by atoms with E-state index in [1.807, 2.05) is 6.92 Å². The Balaban J connectivity index is 3.26. The minimum Gasteiger partial charge on any atom is -0.493 e. The molecule has 0 amide bonds. The molecule has 1 rings (SSSR count). The van der Waals surface area contributed by atoms with E-state index in [9.17, 15) is 9.90 Å². The van der Waals surface area contributed by atoms with Gasteiger partial charge in [0.1, 0.15) is 0 Å². The Bertz CT molecular complexity index is 412. The summed E-state index contributed by atoms with van der Waals surface area (Å²) in [5, 5.41) is 9.20. The van der Waals surface area contributed by atoms with Crippen LogP contribution in [-0.2, 0) is 0 Å². The van der Waals surface area contributed by atoms with Crippen LogP contribution in [0.25, 0.3) is 0 Å². The van der Waals surface area contributed by atoms with Gasteiger partial charge in [0.15, 0.2) is 17.3 Å². The van der Waals surface area contributed by atoms with Crippen LogP contribution in [0.5, 0.6) is 17.2 Å². The fourth-order valence-electron chi connectivity index (χ4n) is 1.86. The average molecular weight is 268 g/mol. The van der Waals surface area contributed by atoms with Gasteiger partial charge in [-0.25, -0.2) is 0 Å². The van der Waals surface area contributed by atoms with Crippen molar-refractivity contribution in [2.24, 2.45) is 5.92 Å². The molecule has 1 aromatic rings. The Morgan fingerprint density at radius 2 is 1.68 bits per heavy atom. The number of aliphatic hydroxyl groups is 1. The highest BCUT2D eigenvalue weighted by Gasteiger charge is 2.21. The number of Topliss-reactive ketones (excluding diaryl/α,β-unsaturated/α-hetero) is 1. The molecule has 1 atom stereocenters. The van der Waals surface area contributed by atoms with Gasteiger partial charge in [-0.3, -0.25) is 4.79 Å². The molecule has 19 heavy (non-hydrogen) atoms. The summed E-state index contributed by atoms with van der Waals surface area (Å²) in [6.07, 6.45) is 0.575. The maximum Gasteiger partial charge on any atom is 0.203 e. The van der Waals surface area contributed by atoms with Gasteiger partial charge in [-0.2, -0.15) is 0 Å². The molecule has 0 saturated carbocycles. The van der Waals surface area contributed by atoms with Crippen molar-refractivity contribution in [2.75, 3.05) is 27.9 Å². The third-order valence-corrected chi connectivity index (χ3v) is 3.03. The predicted molar refractivity (Wildman–Crippen MR) is 71.3 cm³/mol. The van der Waals surface area contributed by atoms with Crippen LogP contribution in [0.1, 0.15) is 23.7 Å². The Kier molecular flexibility index (Phi) is 5.63. The number of methoxy groups -OCH3 is 3. The van der Waals surface area contributed by atoms with E-state index >= 15 is 0 Å². The number of carbonyl (C=O) groups excluding carboxylic acids is 1. The van der Waals surface area contributed by atoms with Gasteiger partial charge in [-0.1, -0.05) is 6.92 Å². The van der Waals surface area contributed by atoms with E-state index in [0.29, 0.717) is 29.2 Å². The van der Waals surface area contributed by atoms with E-state index in [1.165, 1.54) is 21.3 Å². The summed E-state index contributed by atoms with van der Waals surface area (Å²) in [7, 11) is 4.49. The van der Waals surface area contributed by atoms with Gasteiger partial charge in [-0.15, -0.1) is 0 Å². The Hall–Kier alpha value is -1.75. The number of ketones is 1. The number of rotatable bonds is 7. The minimum absolute atomic E-state index is 0.135. The van der Waals surface area contributed by atoms with Gasteiger partial charge >= 0.3 is 0 Å². The molecule has 0 aliphatic heterocycles. The first-order valence-electron chi connectivity index (χ1n) is 6.07. The summed E-state index contributed by atoms with van der Waals surface area (Å²) in [6, 6.07) is 3.20. The topological polar surface area (TPSA) is 65.0 Å². The molecule has 1 unspecified atom stereocenters. The van der Waals surface area contributed by atoms with Crippen LogP contribution in [0.4, 0.5) is 0 Å². The summed E-state index contributed by atoms with van der Waals surface area (Å²) in [5.74, 6) is 0.752. The second kappa shape index (κ2) is 6.99. The number of carbonyl (C=O) groups is 1. The van der Waals surface area contributed by atoms with Crippen LogP contribution >= 0.6 is 0 Å². The zero-order valence-electron chi connectivity index (χ0n) is 11.7. The fourth-order valence-corrected chi connectivity index (χ4v) is 1.86. The summed E-state index contributed by atoms with van der Waals surface area (Å²) < 4.78 is 15.6. The second-order valence-electron chi connectivity index (χ2n) is 4.07. The van der Waals surface area contributed by atoms with Gasteiger partial charge in [0.05, 0.1) is 27.9 Å². The maximum atomic E-state index is 12.2. The minimum atomic E-state index is -0.414. The van der Waals surface area contributed by atoms with Crippen LogP contribution < -0.4 is 14.2 Å². The summed E-state index contributed by atoms with van der Waals surface area (Å²) in [4.78, 5) is 12.2. The van der Waals surface area contributed by atoms with Crippen molar-refractivity contribution in [1.82, 2.24) is 0 Å². The SMILES string of the molecule is CCC(CO)C(=O)c1cc(OC)c(OC)c(OC)c1. The van der Waals surface area contributed by atoms with Gasteiger partial charge in [0, 0.05) is 11.5 Å². The van der Waals surface area contributed by atoms with Crippen molar-refractivity contribution in [1.29, 1.82) is 0 Å². The van der Waals surface area contributed by atoms with E-state index in [1.54, 1.807) is 12.1 Å². The zero-order chi connectivity index (χ0) is 14.4. The Labute approximate surface area is 113 Å². The number of hydrogen-bond donors (Lipinski definition) is 1. The van der Waals surface area contributed by atoms with E-state index in [-0.39, 0.29) is 12.4 Å². The molecule has 0 heterocycles. The smallest absolute Gasteiger partial charge is 0.203 e. The highest BCUT2D eigenvalue weighted by Crippen LogP contribution is 2.38. The number of hydrogen-bond acceptors (Lipinski definition) is 5. The zero-order valence-corrected chi connectivity index (χ0v) is 11.7.